The zero-order valence-electron chi connectivity index (χ0n) is 11.2. The molecule has 1 aromatic heterocycles. The fourth-order valence-corrected chi connectivity index (χ4v) is 3.16. The lowest BCUT2D eigenvalue weighted by molar-refractivity contribution is -0.112. The van der Waals surface area contributed by atoms with Crippen molar-refractivity contribution < 1.29 is 4.79 Å². The van der Waals surface area contributed by atoms with Crippen LogP contribution in [0.15, 0.2) is 59.0 Å². The largest absolute Gasteiger partial charge is 0.289 e. The van der Waals surface area contributed by atoms with Crippen LogP contribution in [0.5, 0.6) is 0 Å². The molecule has 1 saturated carbocycles. The second kappa shape index (κ2) is 6.02. The first-order chi connectivity index (χ1) is 9.83. The van der Waals surface area contributed by atoms with Crippen molar-refractivity contribution in [3.8, 4) is 0 Å². The lowest BCUT2D eigenvalue weighted by Gasteiger charge is -2.16. The van der Waals surface area contributed by atoms with Crippen LogP contribution in [0.4, 0.5) is 0 Å². The molecule has 1 nitrogen and oxygen atoms in total. The summed E-state index contributed by atoms with van der Waals surface area (Å²) < 4.78 is 0. The second-order valence-electron chi connectivity index (χ2n) is 4.95. The van der Waals surface area contributed by atoms with E-state index in [9.17, 15) is 4.79 Å². The number of rotatable bonds is 2. The van der Waals surface area contributed by atoms with Gasteiger partial charge in [0.15, 0.2) is 5.78 Å². The average Bonchev–Trinajstić information content (AvgIpc) is 2.97. The topological polar surface area (TPSA) is 17.1 Å². The standard InChI is InChI=1S/C18H16OS/c19-18-15(12-14-6-2-1-3-7-14)8-4-9-16(18)13-17-10-5-11-20-17/h1-3,5-7,10-13H,4,8-9H2/b15-12+,16-13-. The third-order valence-corrected chi connectivity index (χ3v) is 4.29. The molecule has 1 aliphatic rings. The number of hydrogen-bond acceptors (Lipinski definition) is 2. The summed E-state index contributed by atoms with van der Waals surface area (Å²) in [6.07, 6.45) is 6.91. The predicted molar refractivity (Wildman–Crippen MR) is 85.6 cm³/mol. The molecule has 3 rings (SSSR count). The summed E-state index contributed by atoms with van der Waals surface area (Å²) in [7, 11) is 0. The summed E-state index contributed by atoms with van der Waals surface area (Å²) in [6.45, 7) is 0. The summed E-state index contributed by atoms with van der Waals surface area (Å²) in [5.41, 5.74) is 2.99. The van der Waals surface area contributed by atoms with Crippen molar-refractivity contribution in [1.29, 1.82) is 0 Å². The van der Waals surface area contributed by atoms with Crippen molar-refractivity contribution in [1.82, 2.24) is 0 Å². The Kier molecular flexibility index (Phi) is 3.93. The highest BCUT2D eigenvalue weighted by Crippen LogP contribution is 2.28. The van der Waals surface area contributed by atoms with E-state index < -0.39 is 0 Å². The summed E-state index contributed by atoms with van der Waals surface area (Å²) in [5, 5.41) is 2.04. The number of thiophene rings is 1. The minimum Gasteiger partial charge on any atom is -0.289 e. The first-order valence-electron chi connectivity index (χ1n) is 6.87. The van der Waals surface area contributed by atoms with Crippen LogP contribution in [0.2, 0.25) is 0 Å². The number of benzene rings is 1. The Bertz CT molecular complexity index is 648. The summed E-state index contributed by atoms with van der Waals surface area (Å²) >= 11 is 1.68. The van der Waals surface area contributed by atoms with Crippen molar-refractivity contribution in [3.63, 3.8) is 0 Å². The molecule has 0 saturated heterocycles. The zero-order chi connectivity index (χ0) is 13.8. The van der Waals surface area contributed by atoms with Gasteiger partial charge in [0.05, 0.1) is 0 Å². The SMILES string of the molecule is O=C1/C(=C\c2cccs2)CCC/C1=C\c1ccccc1. The number of Topliss-reactive ketones (excluding diaryl/α,β-unsaturated/α-hetero) is 1. The van der Waals surface area contributed by atoms with Crippen LogP contribution in [0.1, 0.15) is 29.7 Å². The van der Waals surface area contributed by atoms with Gasteiger partial charge in [-0.15, -0.1) is 11.3 Å². The van der Waals surface area contributed by atoms with E-state index in [1.807, 2.05) is 53.9 Å². The Labute approximate surface area is 123 Å². The fourth-order valence-electron chi connectivity index (χ4n) is 2.47. The normalized spacial score (nSPS) is 19.7. The van der Waals surface area contributed by atoms with Gasteiger partial charge in [0.2, 0.25) is 0 Å². The van der Waals surface area contributed by atoms with Crippen molar-refractivity contribution in [3.05, 3.63) is 69.4 Å². The molecule has 0 spiro atoms. The van der Waals surface area contributed by atoms with Gasteiger partial charge in [-0.3, -0.25) is 4.79 Å². The minimum atomic E-state index is 0.216. The smallest absolute Gasteiger partial charge is 0.185 e. The van der Waals surface area contributed by atoms with Gasteiger partial charge in [0.1, 0.15) is 0 Å². The molecule has 2 aromatic rings. The Balaban J connectivity index is 1.88. The zero-order valence-corrected chi connectivity index (χ0v) is 12.0. The molecule has 0 aliphatic heterocycles. The maximum absolute atomic E-state index is 12.5. The highest BCUT2D eigenvalue weighted by Gasteiger charge is 2.20. The Morgan fingerprint density at radius 1 is 0.900 bits per heavy atom. The molecule has 20 heavy (non-hydrogen) atoms. The van der Waals surface area contributed by atoms with Crippen molar-refractivity contribution in [2.75, 3.05) is 0 Å². The first kappa shape index (κ1) is 13.1. The van der Waals surface area contributed by atoms with Gasteiger partial charge in [-0.1, -0.05) is 36.4 Å². The molecule has 0 amide bonds. The summed E-state index contributed by atoms with van der Waals surface area (Å²) in [6, 6.07) is 14.2. The highest BCUT2D eigenvalue weighted by molar-refractivity contribution is 7.10. The van der Waals surface area contributed by atoms with E-state index in [0.29, 0.717) is 0 Å². The Morgan fingerprint density at radius 2 is 1.65 bits per heavy atom. The van der Waals surface area contributed by atoms with Crippen LogP contribution < -0.4 is 0 Å². The summed E-state index contributed by atoms with van der Waals surface area (Å²) in [4.78, 5) is 13.7. The number of carbonyl (C=O) groups is 1. The number of carbonyl (C=O) groups excluding carboxylic acids is 1. The third kappa shape index (κ3) is 2.97. The maximum Gasteiger partial charge on any atom is 0.185 e. The number of ketones is 1. The van der Waals surface area contributed by atoms with Gasteiger partial charge in [-0.25, -0.2) is 0 Å². The van der Waals surface area contributed by atoms with E-state index in [0.717, 1.165) is 40.8 Å². The van der Waals surface area contributed by atoms with Crippen molar-refractivity contribution in [2.45, 2.75) is 19.3 Å². The van der Waals surface area contributed by atoms with Crippen molar-refractivity contribution in [2.24, 2.45) is 0 Å². The summed E-state index contributed by atoms with van der Waals surface area (Å²) in [5.74, 6) is 0.216. The van der Waals surface area contributed by atoms with E-state index >= 15 is 0 Å². The third-order valence-electron chi connectivity index (χ3n) is 3.48. The molecule has 0 bridgehead atoms. The molecule has 0 atom stereocenters. The molecule has 1 fully saturated rings. The van der Waals surface area contributed by atoms with E-state index in [-0.39, 0.29) is 5.78 Å². The van der Waals surface area contributed by atoms with Gasteiger partial charge in [-0.2, -0.15) is 0 Å². The molecule has 2 heteroatoms. The second-order valence-corrected chi connectivity index (χ2v) is 5.93. The molecule has 0 N–H and O–H groups in total. The fraction of sp³-hybridized carbons (Fsp3) is 0.167. The molecule has 0 unspecified atom stereocenters. The molecular formula is C18H16OS. The van der Waals surface area contributed by atoms with Gasteiger partial charge in [0, 0.05) is 16.0 Å². The molecule has 100 valence electrons. The van der Waals surface area contributed by atoms with E-state index in [2.05, 4.69) is 6.07 Å². The number of hydrogen-bond donors (Lipinski definition) is 0. The number of allylic oxidation sites excluding steroid dienone is 2. The molecular weight excluding hydrogens is 264 g/mol. The quantitative estimate of drug-likeness (QED) is 0.710. The van der Waals surface area contributed by atoms with Gasteiger partial charge in [-0.05, 0) is 48.4 Å². The minimum absolute atomic E-state index is 0.216. The van der Waals surface area contributed by atoms with Gasteiger partial charge < -0.3 is 0 Å². The van der Waals surface area contributed by atoms with Crippen LogP contribution >= 0.6 is 11.3 Å². The molecule has 1 aromatic carbocycles. The highest BCUT2D eigenvalue weighted by atomic mass is 32.1. The van der Waals surface area contributed by atoms with Gasteiger partial charge >= 0.3 is 0 Å². The lowest BCUT2D eigenvalue weighted by atomic mass is 9.87. The van der Waals surface area contributed by atoms with Crippen molar-refractivity contribution >= 4 is 29.3 Å². The van der Waals surface area contributed by atoms with Crippen LogP contribution in [-0.4, -0.2) is 5.78 Å². The van der Waals surface area contributed by atoms with E-state index in [4.69, 9.17) is 0 Å². The van der Waals surface area contributed by atoms with E-state index in [1.165, 1.54) is 0 Å². The predicted octanol–water partition coefficient (Wildman–Crippen LogP) is 4.97. The average molecular weight is 280 g/mol. The van der Waals surface area contributed by atoms with E-state index in [1.54, 1.807) is 11.3 Å². The first-order valence-corrected chi connectivity index (χ1v) is 7.75. The van der Waals surface area contributed by atoms with Crippen LogP contribution in [0.25, 0.3) is 12.2 Å². The van der Waals surface area contributed by atoms with Crippen LogP contribution in [-0.2, 0) is 4.79 Å². The van der Waals surface area contributed by atoms with Gasteiger partial charge in [0.25, 0.3) is 0 Å². The lowest BCUT2D eigenvalue weighted by Crippen LogP contribution is -2.12. The molecule has 1 aliphatic carbocycles. The van der Waals surface area contributed by atoms with Crippen LogP contribution in [0.3, 0.4) is 0 Å². The van der Waals surface area contributed by atoms with Crippen LogP contribution in [0, 0.1) is 0 Å². The Hall–Kier alpha value is -1.93. The molecule has 1 heterocycles. The maximum atomic E-state index is 12.5. The Morgan fingerprint density at radius 3 is 2.35 bits per heavy atom. The monoisotopic (exact) mass is 280 g/mol. The molecule has 0 radical (unpaired) electrons.